The second-order valence-corrected chi connectivity index (χ2v) is 5.38. The lowest BCUT2D eigenvalue weighted by atomic mass is 10.1. The van der Waals surface area contributed by atoms with Crippen LogP contribution in [0.15, 0.2) is 41.7 Å². The molecule has 5 nitrogen and oxygen atoms in total. The summed E-state index contributed by atoms with van der Waals surface area (Å²) in [5.41, 5.74) is 1.30. The lowest BCUT2D eigenvalue weighted by molar-refractivity contribution is 0.734. The molecule has 3 rings (SSSR count). The van der Waals surface area contributed by atoms with Crippen molar-refractivity contribution in [3.05, 3.63) is 48.0 Å². The molecule has 1 fully saturated rings. The molecular weight excluding hydrogens is 258 g/mol. The predicted octanol–water partition coefficient (Wildman–Crippen LogP) is 1.75. The lowest BCUT2D eigenvalue weighted by Crippen LogP contribution is -2.19. The third kappa shape index (κ3) is 2.96. The molecule has 6 heteroatoms. The Kier molecular flexibility index (Phi) is 3.50. The Morgan fingerprint density at radius 3 is 3.00 bits per heavy atom. The minimum absolute atomic E-state index is 0.349. The first kappa shape index (κ1) is 12.2. The molecule has 1 aromatic carbocycles. The second kappa shape index (κ2) is 5.44. The van der Waals surface area contributed by atoms with Crippen molar-refractivity contribution in [2.45, 2.75) is 12.6 Å². The van der Waals surface area contributed by atoms with Crippen molar-refractivity contribution in [2.24, 2.45) is 12.0 Å². The van der Waals surface area contributed by atoms with E-state index < -0.39 is 0 Å². The van der Waals surface area contributed by atoms with Crippen molar-refractivity contribution in [2.75, 3.05) is 5.75 Å². The van der Waals surface area contributed by atoms with Crippen LogP contribution in [0.25, 0.3) is 0 Å². The normalized spacial score (nSPS) is 20.7. The molecule has 98 valence electrons. The maximum atomic E-state index is 4.51. The highest BCUT2D eigenvalue weighted by Crippen LogP contribution is 2.25. The first-order chi connectivity index (χ1) is 9.31. The largest absolute Gasteiger partial charge is 0.357 e. The van der Waals surface area contributed by atoms with E-state index in [4.69, 9.17) is 0 Å². The van der Waals surface area contributed by atoms with Gasteiger partial charge in [-0.05, 0) is 5.56 Å². The van der Waals surface area contributed by atoms with Gasteiger partial charge in [0, 0.05) is 12.8 Å². The van der Waals surface area contributed by atoms with E-state index in [1.165, 1.54) is 5.56 Å². The fourth-order valence-corrected chi connectivity index (χ4v) is 2.93. The number of thioether (sulfide) groups is 1. The van der Waals surface area contributed by atoms with Gasteiger partial charge in [-0.3, -0.25) is 9.67 Å². The van der Waals surface area contributed by atoms with Gasteiger partial charge in [-0.25, -0.2) is 4.98 Å². The summed E-state index contributed by atoms with van der Waals surface area (Å²) >= 11 is 1.75. The molecule has 0 aliphatic carbocycles. The number of hydrogen-bond donors (Lipinski definition) is 1. The van der Waals surface area contributed by atoms with E-state index >= 15 is 0 Å². The molecule has 0 saturated carbocycles. The Morgan fingerprint density at radius 2 is 2.26 bits per heavy atom. The Morgan fingerprint density at radius 1 is 1.42 bits per heavy atom. The maximum absolute atomic E-state index is 4.51. The Hall–Kier alpha value is -1.82. The van der Waals surface area contributed by atoms with Crippen molar-refractivity contribution in [1.29, 1.82) is 0 Å². The number of rotatable bonds is 3. The molecule has 0 radical (unpaired) electrons. The van der Waals surface area contributed by atoms with E-state index in [9.17, 15) is 0 Å². The van der Waals surface area contributed by atoms with Crippen LogP contribution in [0.3, 0.4) is 0 Å². The summed E-state index contributed by atoms with van der Waals surface area (Å²) in [7, 11) is 1.86. The Balaban J connectivity index is 1.62. The van der Waals surface area contributed by atoms with E-state index in [1.807, 2.05) is 13.1 Å². The fourth-order valence-electron chi connectivity index (χ4n) is 1.95. The van der Waals surface area contributed by atoms with Gasteiger partial charge >= 0.3 is 0 Å². The van der Waals surface area contributed by atoms with Crippen LogP contribution in [0.1, 0.15) is 17.4 Å². The fraction of sp³-hybridized carbons (Fsp3) is 0.308. The van der Waals surface area contributed by atoms with Crippen LogP contribution in [0.5, 0.6) is 0 Å². The number of amidine groups is 1. The number of nitrogens with zero attached hydrogens (tertiary/aromatic N) is 4. The molecule has 1 N–H and O–H groups in total. The van der Waals surface area contributed by atoms with E-state index in [2.05, 4.69) is 44.7 Å². The molecule has 2 aromatic rings. The lowest BCUT2D eigenvalue weighted by Gasteiger charge is -2.09. The molecular formula is C13H15N5S. The van der Waals surface area contributed by atoms with Crippen LogP contribution in [0, 0.1) is 0 Å². The van der Waals surface area contributed by atoms with E-state index in [-0.39, 0.29) is 0 Å². The average molecular weight is 273 g/mol. The van der Waals surface area contributed by atoms with Gasteiger partial charge in [-0.2, -0.15) is 5.10 Å². The third-order valence-electron chi connectivity index (χ3n) is 2.90. The molecule has 0 spiro atoms. The van der Waals surface area contributed by atoms with Gasteiger partial charge < -0.3 is 5.32 Å². The van der Waals surface area contributed by atoms with Gasteiger partial charge in [0.25, 0.3) is 0 Å². The quantitative estimate of drug-likeness (QED) is 0.925. The molecule has 1 saturated heterocycles. The standard InChI is InChI=1S/C13H15N5S/c1-18-9-15-12(17-18)7-14-13-16-11(8-19-13)10-5-3-2-4-6-10/h2-6,9,11H,7-8H2,1H3,(H,14,16). The number of aliphatic imine (C=N–C) groups is 1. The molecule has 0 amide bonds. The number of benzene rings is 1. The minimum atomic E-state index is 0.349. The summed E-state index contributed by atoms with van der Waals surface area (Å²) in [5, 5.41) is 8.62. The van der Waals surface area contributed by atoms with E-state index in [0.29, 0.717) is 12.6 Å². The number of nitrogens with one attached hydrogen (secondary N) is 1. The van der Waals surface area contributed by atoms with Crippen molar-refractivity contribution in [3.63, 3.8) is 0 Å². The van der Waals surface area contributed by atoms with E-state index in [0.717, 1.165) is 16.7 Å². The highest BCUT2D eigenvalue weighted by molar-refractivity contribution is 8.14. The van der Waals surface area contributed by atoms with Gasteiger partial charge in [0.05, 0.1) is 6.04 Å². The first-order valence-corrected chi connectivity index (χ1v) is 7.13. The average Bonchev–Trinajstić information content (AvgIpc) is 3.06. The van der Waals surface area contributed by atoms with Crippen molar-refractivity contribution < 1.29 is 0 Å². The summed E-state index contributed by atoms with van der Waals surface area (Å²) < 4.78 is 1.69. The van der Waals surface area contributed by atoms with Crippen LogP contribution >= 0.6 is 11.8 Å². The van der Waals surface area contributed by atoms with E-state index in [1.54, 1.807) is 22.8 Å². The molecule has 1 unspecified atom stereocenters. The smallest absolute Gasteiger partial charge is 0.172 e. The Bertz CT molecular complexity index is 578. The van der Waals surface area contributed by atoms with Crippen molar-refractivity contribution in [1.82, 2.24) is 20.1 Å². The van der Waals surface area contributed by atoms with Gasteiger partial charge in [0.15, 0.2) is 11.0 Å². The summed E-state index contributed by atoms with van der Waals surface area (Å²) in [6, 6.07) is 10.8. The number of aromatic nitrogens is 3. The van der Waals surface area contributed by atoms with Crippen LogP contribution in [0.2, 0.25) is 0 Å². The molecule has 0 bridgehead atoms. The highest BCUT2D eigenvalue weighted by Gasteiger charge is 2.21. The second-order valence-electron chi connectivity index (χ2n) is 4.37. The summed E-state index contributed by atoms with van der Waals surface area (Å²) in [5.74, 6) is 1.76. The van der Waals surface area contributed by atoms with Gasteiger partial charge in [-0.15, -0.1) is 0 Å². The molecule has 1 atom stereocenters. The van der Waals surface area contributed by atoms with Gasteiger partial charge in [0.2, 0.25) is 0 Å². The zero-order chi connectivity index (χ0) is 13.1. The van der Waals surface area contributed by atoms with Gasteiger partial charge in [-0.1, -0.05) is 42.1 Å². The monoisotopic (exact) mass is 273 g/mol. The third-order valence-corrected chi connectivity index (χ3v) is 3.92. The number of aryl methyl sites for hydroxylation is 1. The zero-order valence-electron chi connectivity index (χ0n) is 10.7. The van der Waals surface area contributed by atoms with Crippen LogP contribution in [-0.4, -0.2) is 25.7 Å². The number of hydrogen-bond acceptors (Lipinski definition) is 4. The summed E-state index contributed by atoms with van der Waals surface area (Å²) in [6.45, 7) is 0.525. The van der Waals surface area contributed by atoms with Crippen LogP contribution in [-0.2, 0) is 13.6 Å². The SMILES string of the molecule is Cn1cnc(CN=C2NC(c3ccccc3)CS2)n1. The minimum Gasteiger partial charge on any atom is -0.357 e. The first-order valence-electron chi connectivity index (χ1n) is 6.14. The maximum Gasteiger partial charge on any atom is 0.172 e. The van der Waals surface area contributed by atoms with Crippen molar-refractivity contribution >= 4 is 16.9 Å². The molecule has 1 aliphatic rings. The van der Waals surface area contributed by atoms with Crippen LogP contribution < -0.4 is 5.32 Å². The highest BCUT2D eigenvalue weighted by atomic mass is 32.2. The van der Waals surface area contributed by atoms with Crippen molar-refractivity contribution in [3.8, 4) is 0 Å². The Labute approximate surface area is 116 Å². The zero-order valence-corrected chi connectivity index (χ0v) is 11.5. The molecule has 1 aliphatic heterocycles. The topological polar surface area (TPSA) is 55.1 Å². The van der Waals surface area contributed by atoms with Gasteiger partial charge in [0.1, 0.15) is 12.9 Å². The predicted molar refractivity (Wildman–Crippen MR) is 76.9 cm³/mol. The summed E-state index contributed by atoms with van der Waals surface area (Å²) in [4.78, 5) is 8.67. The molecule has 19 heavy (non-hydrogen) atoms. The molecule has 1 aromatic heterocycles. The van der Waals surface area contributed by atoms with Crippen LogP contribution in [0.4, 0.5) is 0 Å². The summed E-state index contributed by atoms with van der Waals surface area (Å²) in [6.07, 6.45) is 1.69. The molecule has 2 heterocycles.